The highest BCUT2D eigenvalue weighted by molar-refractivity contribution is 5.12. The Labute approximate surface area is 81.4 Å². The number of aromatic nitrogens is 2. The SMILES string of the molecule is CC.CCn1ncc(C)c1C.CO. The van der Waals surface area contributed by atoms with E-state index in [1.54, 1.807) is 0 Å². The lowest BCUT2D eigenvalue weighted by Gasteiger charge is -1.97. The minimum atomic E-state index is 0.972. The Morgan fingerprint density at radius 1 is 1.31 bits per heavy atom. The van der Waals surface area contributed by atoms with Crippen LogP contribution in [-0.4, -0.2) is 22.0 Å². The van der Waals surface area contributed by atoms with Crippen LogP contribution in [0, 0.1) is 13.8 Å². The molecule has 0 aromatic carbocycles. The minimum absolute atomic E-state index is 0.972. The highest BCUT2D eigenvalue weighted by atomic mass is 16.2. The van der Waals surface area contributed by atoms with Gasteiger partial charge >= 0.3 is 0 Å². The molecule has 0 atom stereocenters. The lowest BCUT2D eigenvalue weighted by molar-refractivity contribution is 0.399. The first-order valence-corrected chi connectivity index (χ1v) is 4.69. The molecule has 0 amide bonds. The molecule has 0 saturated heterocycles. The van der Waals surface area contributed by atoms with Gasteiger partial charge in [0.25, 0.3) is 0 Å². The van der Waals surface area contributed by atoms with Crippen LogP contribution in [0.3, 0.4) is 0 Å². The first kappa shape index (κ1) is 14.7. The smallest absolute Gasteiger partial charge is 0.0521 e. The topological polar surface area (TPSA) is 38.0 Å². The first-order chi connectivity index (χ1) is 6.25. The van der Waals surface area contributed by atoms with Crippen molar-refractivity contribution in [3.63, 3.8) is 0 Å². The van der Waals surface area contributed by atoms with Gasteiger partial charge in [-0.25, -0.2) is 0 Å². The van der Waals surface area contributed by atoms with Crippen molar-refractivity contribution in [2.45, 2.75) is 41.2 Å². The van der Waals surface area contributed by atoms with Gasteiger partial charge in [-0.3, -0.25) is 4.68 Å². The molecular formula is C10H22N2O. The third-order valence-corrected chi connectivity index (χ3v) is 1.65. The van der Waals surface area contributed by atoms with Crippen molar-refractivity contribution in [1.82, 2.24) is 9.78 Å². The van der Waals surface area contributed by atoms with Crippen LogP contribution in [0.1, 0.15) is 32.0 Å². The summed E-state index contributed by atoms with van der Waals surface area (Å²) in [7, 11) is 1.00. The van der Waals surface area contributed by atoms with E-state index in [0.29, 0.717) is 0 Å². The zero-order valence-corrected chi connectivity index (χ0v) is 9.63. The predicted molar refractivity (Wildman–Crippen MR) is 56.9 cm³/mol. The molecule has 0 saturated carbocycles. The fraction of sp³-hybridized carbons (Fsp3) is 0.700. The van der Waals surface area contributed by atoms with Crippen LogP contribution >= 0.6 is 0 Å². The van der Waals surface area contributed by atoms with Crippen LogP contribution in [0.2, 0.25) is 0 Å². The highest BCUT2D eigenvalue weighted by Gasteiger charge is 1.96. The van der Waals surface area contributed by atoms with E-state index in [0.717, 1.165) is 13.7 Å². The molecule has 1 N–H and O–H groups in total. The Kier molecular flexibility index (Phi) is 10.5. The van der Waals surface area contributed by atoms with Crippen LogP contribution in [0.25, 0.3) is 0 Å². The summed E-state index contributed by atoms with van der Waals surface area (Å²) < 4.78 is 2.00. The van der Waals surface area contributed by atoms with Gasteiger partial charge in [0.1, 0.15) is 0 Å². The molecule has 0 spiro atoms. The van der Waals surface area contributed by atoms with Gasteiger partial charge in [-0.15, -0.1) is 0 Å². The van der Waals surface area contributed by atoms with E-state index in [4.69, 9.17) is 5.11 Å². The number of hydrogen-bond acceptors (Lipinski definition) is 2. The second-order valence-electron chi connectivity index (χ2n) is 2.23. The van der Waals surface area contributed by atoms with Crippen molar-refractivity contribution in [1.29, 1.82) is 0 Å². The number of aliphatic hydroxyl groups is 1. The van der Waals surface area contributed by atoms with E-state index < -0.39 is 0 Å². The van der Waals surface area contributed by atoms with Gasteiger partial charge in [0.05, 0.1) is 6.20 Å². The molecule has 0 unspecified atom stereocenters. The van der Waals surface area contributed by atoms with Crippen molar-refractivity contribution in [3.05, 3.63) is 17.5 Å². The van der Waals surface area contributed by atoms with Gasteiger partial charge in [0.15, 0.2) is 0 Å². The third kappa shape index (κ3) is 4.68. The Morgan fingerprint density at radius 3 is 1.92 bits per heavy atom. The lowest BCUT2D eigenvalue weighted by Crippen LogP contribution is -1.98. The van der Waals surface area contributed by atoms with Crippen molar-refractivity contribution < 1.29 is 5.11 Å². The molecule has 0 aliphatic rings. The van der Waals surface area contributed by atoms with Crippen molar-refractivity contribution in [2.75, 3.05) is 7.11 Å². The van der Waals surface area contributed by atoms with Gasteiger partial charge in [-0.2, -0.15) is 5.10 Å². The maximum absolute atomic E-state index is 7.00. The summed E-state index contributed by atoms with van der Waals surface area (Å²) in [6.07, 6.45) is 1.90. The van der Waals surface area contributed by atoms with Crippen LogP contribution in [-0.2, 0) is 6.54 Å². The first-order valence-electron chi connectivity index (χ1n) is 4.69. The number of hydrogen-bond donors (Lipinski definition) is 1. The second-order valence-corrected chi connectivity index (χ2v) is 2.23. The fourth-order valence-electron chi connectivity index (χ4n) is 0.859. The molecule has 1 rings (SSSR count). The van der Waals surface area contributed by atoms with Crippen LogP contribution in [0.15, 0.2) is 6.20 Å². The largest absolute Gasteiger partial charge is 0.400 e. The van der Waals surface area contributed by atoms with E-state index in [9.17, 15) is 0 Å². The van der Waals surface area contributed by atoms with Crippen molar-refractivity contribution in [3.8, 4) is 0 Å². The summed E-state index contributed by atoms with van der Waals surface area (Å²) in [6.45, 7) is 11.2. The molecule has 78 valence electrons. The third-order valence-electron chi connectivity index (χ3n) is 1.65. The van der Waals surface area contributed by atoms with E-state index in [1.165, 1.54) is 11.3 Å². The monoisotopic (exact) mass is 186 g/mol. The standard InChI is InChI=1S/C7H12N2.C2H6.CH4O/c1-4-9-7(3)6(2)5-8-9;2*1-2/h5H,4H2,1-3H3;1-2H3;2H,1H3. The Balaban J connectivity index is 0. The Hall–Kier alpha value is -0.830. The fourth-order valence-corrected chi connectivity index (χ4v) is 0.859. The van der Waals surface area contributed by atoms with Gasteiger partial charge in [0, 0.05) is 19.3 Å². The molecule has 0 aliphatic carbocycles. The molecule has 1 heterocycles. The van der Waals surface area contributed by atoms with Crippen LogP contribution in [0.4, 0.5) is 0 Å². The molecule has 1 aromatic heterocycles. The van der Waals surface area contributed by atoms with Crippen LogP contribution in [0.5, 0.6) is 0 Å². The lowest BCUT2D eigenvalue weighted by atomic mass is 10.3. The summed E-state index contributed by atoms with van der Waals surface area (Å²) >= 11 is 0. The van der Waals surface area contributed by atoms with E-state index in [-0.39, 0.29) is 0 Å². The number of aliphatic hydroxyl groups excluding tert-OH is 1. The highest BCUT2D eigenvalue weighted by Crippen LogP contribution is 2.03. The molecule has 0 aliphatic heterocycles. The molecule has 1 aromatic rings. The molecule has 13 heavy (non-hydrogen) atoms. The Morgan fingerprint density at radius 2 is 1.77 bits per heavy atom. The average Bonchev–Trinajstić information content (AvgIpc) is 2.54. The molecule has 3 nitrogen and oxygen atoms in total. The summed E-state index contributed by atoms with van der Waals surface area (Å²) in [6, 6.07) is 0. The van der Waals surface area contributed by atoms with Crippen LogP contribution < -0.4 is 0 Å². The molecule has 0 fully saturated rings. The van der Waals surface area contributed by atoms with Crippen molar-refractivity contribution >= 4 is 0 Å². The molecule has 3 heteroatoms. The Bertz CT molecular complexity index is 207. The number of nitrogens with zero attached hydrogens (tertiary/aromatic N) is 2. The summed E-state index contributed by atoms with van der Waals surface area (Å²) in [4.78, 5) is 0. The average molecular weight is 186 g/mol. The quantitative estimate of drug-likeness (QED) is 0.729. The summed E-state index contributed by atoms with van der Waals surface area (Å²) in [5.74, 6) is 0. The zero-order chi connectivity index (χ0) is 10.9. The van der Waals surface area contributed by atoms with E-state index in [2.05, 4.69) is 25.9 Å². The maximum atomic E-state index is 7.00. The normalized spacial score (nSPS) is 7.92. The zero-order valence-electron chi connectivity index (χ0n) is 9.63. The van der Waals surface area contributed by atoms with Gasteiger partial charge in [-0.1, -0.05) is 13.8 Å². The second kappa shape index (κ2) is 9.26. The summed E-state index contributed by atoms with van der Waals surface area (Å²) in [5.41, 5.74) is 2.55. The van der Waals surface area contributed by atoms with Gasteiger partial charge < -0.3 is 5.11 Å². The summed E-state index contributed by atoms with van der Waals surface area (Å²) in [5, 5.41) is 11.2. The molecular weight excluding hydrogens is 164 g/mol. The number of aryl methyl sites for hydroxylation is 2. The van der Waals surface area contributed by atoms with Gasteiger partial charge in [-0.05, 0) is 26.3 Å². The minimum Gasteiger partial charge on any atom is -0.400 e. The van der Waals surface area contributed by atoms with E-state index >= 15 is 0 Å². The van der Waals surface area contributed by atoms with Gasteiger partial charge in [0.2, 0.25) is 0 Å². The maximum Gasteiger partial charge on any atom is 0.0521 e. The van der Waals surface area contributed by atoms with E-state index in [1.807, 2.05) is 24.7 Å². The number of rotatable bonds is 1. The van der Waals surface area contributed by atoms with Crippen molar-refractivity contribution in [2.24, 2.45) is 0 Å². The molecule has 0 radical (unpaired) electrons. The molecule has 0 bridgehead atoms. The predicted octanol–water partition coefficient (Wildman–Crippen LogP) is 2.15.